The summed E-state index contributed by atoms with van der Waals surface area (Å²) < 4.78 is 140. The van der Waals surface area contributed by atoms with Crippen LogP contribution < -0.4 is 5.32 Å². The molecule has 0 fully saturated rings. The lowest BCUT2D eigenvalue weighted by Gasteiger charge is -2.33. The van der Waals surface area contributed by atoms with Crippen LogP contribution in [-0.4, -0.2) is 51.3 Å². The van der Waals surface area contributed by atoms with Gasteiger partial charge in [0.25, 0.3) is 0 Å². The Kier molecular flexibility index (Phi) is 4.96. The molecule has 0 unspecified atom stereocenters. The number of H-pyrrole nitrogens is 1. The van der Waals surface area contributed by atoms with Crippen LogP contribution in [-0.2, 0) is 9.53 Å². The fourth-order valence-corrected chi connectivity index (χ4v) is 1.09. The minimum Gasteiger partial charge on any atom is -0.290 e. The molecule has 1 atom stereocenters. The minimum absolute atomic E-state index is 0.538. The van der Waals surface area contributed by atoms with Gasteiger partial charge >= 0.3 is 36.1 Å². The molecule has 0 saturated carbocycles. The molecular formula is C8H3F11N4O2. The van der Waals surface area contributed by atoms with E-state index in [1.807, 2.05) is 4.74 Å². The van der Waals surface area contributed by atoms with Crippen molar-refractivity contribution in [1.82, 2.24) is 15.2 Å². The molecule has 2 N–H and O–H groups in total. The lowest BCUT2D eigenvalue weighted by atomic mass is 10.2. The zero-order chi connectivity index (χ0) is 19.9. The molecule has 0 spiro atoms. The van der Waals surface area contributed by atoms with Crippen LogP contribution in [0.5, 0.6) is 0 Å². The lowest BCUT2D eigenvalue weighted by Crippen LogP contribution is -2.62. The number of halogens is 11. The Balaban J connectivity index is 3.25. The highest BCUT2D eigenvalue weighted by Crippen LogP contribution is 2.51. The molecule has 0 aliphatic carbocycles. The molecule has 0 saturated heterocycles. The summed E-state index contributed by atoms with van der Waals surface area (Å²) in [4.78, 5) is 14.1. The smallest absolute Gasteiger partial charge is 0.290 e. The number of aromatic nitrogens is 3. The Labute approximate surface area is 128 Å². The molecule has 0 aromatic carbocycles. The van der Waals surface area contributed by atoms with Crippen LogP contribution in [0.4, 0.5) is 54.2 Å². The van der Waals surface area contributed by atoms with E-state index in [-0.39, 0.29) is 0 Å². The lowest BCUT2D eigenvalue weighted by molar-refractivity contribution is -0.472. The number of anilines is 1. The zero-order valence-electron chi connectivity index (χ0n) is 10.9. The number of nitrogens with zero attached hydrogens (tertiary/aromatic N) is 2. The SMILES string of the molecule is O=C(Nc1ncn[nH]1)[C@](F)(OC(F)(F)C(F)(F)C(F)(F)F)C(F)(F)F. The Bertz CT molecular complexity index is 611. The third-order valence-electron chi connectivity index (χ3n) is 2.29. The van der Waals surface area contributed by atoms with Crippen molar-refractivity contribution in [3.05, 3.63) is 6.33 Å². The van der Waals surface area contributed by atoms with Gasteiger partial charge in [-0.1, -0.05) is 0 Å². The summed E-state index contributed by atoms with van der Waals surface area (Å²) in [6.45, 7) is 0. The molecule has 0 radical (unpaired) electrons. The normalized spacial score (nSPS) is 16.4. The molecule has 1 rings (SSSR count). The molecule has 1 aromatic rings. The highest BCUT2D eigenvalue weighted by Gasteiger charge is 2.79. The zero-order valence-corrected chi connectivity index (χ0v) is 10.9. The van der Waals surface area contributed by atoms with E-state index in [2.05, 4.69) is 10.1 Å². The number of rotatable bonds is 5. The van der Waals surface area contributed by atoms with Gasteiger partial charge in [0.2, 0.25) is 5.95 Å². The van der Waals surface area contributed by atoms with Gasteiger partial charge in [-0.3, -0.25) is 14.8 Å². The molecule has 0 aliphatic heterocycles. The summed E-state index contributed by atoms with van der Waals surface area (Å²) in [6.07, 6.45) is -20.5. The average molecular weight is 396 g/mol. The highest BCUT2D eigenvalue weighted by atomic mass is 19.4. The Morgan fingerprint density at radius 1 is 0.960 bits per heavy atom. The monoisotopic (exact) mass is 396 g/mol. The number of carbonyl (C=O) groups is 1. The van der Waals surface area contributed by atoms with Gasteiger partial charge in [-0.2, -0.15) is 58.4 Å². The second-order valence-electron chi connectivity index (χ2n) is 4.07. The number of carbonyl (C=O) groups excluding carboxylic acids is 1. The predicted molar refractivity (Wildman–Crippen MR) is 51.9 cm³/mol. The summed E-state index contributed by atoms with van der Waals surface area (Å²) in [5, 5.41) is 5.40. The van der Waals surface area contributed by atoms with Gasteiger partial charge in [-0.05, 0) is 0 Å². The van der Waals surface area contributed by atoms with Crippen molar-refractivity contribution in [2.45, 2.75) is 30.2 Å². The topological polar surface area (TPSA) is 79.9 Å². The van der Waals surface area contributed by atoms with Gasteiger partial charge in [0, 0.05) is 0 Å². The van der Waals surface area contributed by atoms with E-state index >= 15 is 0 Å². The van der Waals surface area contributed by atoms with Gasteiger partial charge in [-0.25, -0.2) is 5.10 Å². The molecule has 25 heavy (non-hydrogen) atoms. The molecular weight excluding hydrogens is 393 g/mol. The fourth-order valence-electron chi connectivity index (χ4n) is 1.09. The molecule has 6 nitrogen and oxygen atoms in total. The first-order valence-corrected chi connectivity index (χ1v) is 5.40. The van der Waals surface area contributed by atoms with Crippen LogP contribution in [0.25, 0.3) is 0 Å². The molecule has 17 heteroatoms. The molecule has 1 amide bonds. The number of hydrogen-bond donors (Lipinski definition) is 2. The number of alkyl halides is 11. The van der Waals surface area contributed by atoms with Crippen molar-refractivity contribution >= 4 is 11.9 Å². The van der Waals surface area contributed by atoms with E-state index in [0.717, 1.165) is 5.32 Å². The number of ether oxygens (including phenoxy) is 1. The van der Waals surface area contributed by atoms with E-state index in [1.54, 1.807) is 5.10 Å². The summed E-state index contributed by atoms with van der Waals surface area (Å²) in [7, 11) is 0. The standard InChI is InChI=1S/C8H3F11N4O2/c9-4(6(12,13)14,2(24)22-3-20-1-21-23-3)25-8(18,19)5(10,11)7(15,16)17/h1H,(H2,20,21,22,23,24)/t4-/m0/s1. The van der Waals surface area contributed by atoms with Gasteiger partial charge in [0.1, 0.15) is 6.33 Å². The summed E-state index contributed by atoms with van der Waals surface area (Å²) in [6, 6.07) is 0. The quantitative estimate of drug-likeness (QED) is 0.751. The summed E-state index contributed by atoms with van der Waals surface area (Å²) >= 11 is 0. The van der Waals surface area contributed by atoms with E-state index in [4.69, 9.17) is 0 Å². The maximum atomic E-state index is 13.7. The number of aromatic amines is 1. The molecule has 1 heterocycles. The third-order valence-corrected chi connectivity index (χ3v) is 2.29. The largest absolute Gasteiger partial charge is 0.462 e. The average Bonchev–Trinajstić information content (AvgIpc) is 2.87. The number of hydrogen-bond acceptors (Lipinski definition) is 4. The molecule has 144 valence electrons. The van der Waals surface area contributed by atoms with Crippen LogP contribution in [0.1, 0.15) is 0 Å². The number of amides is 1. The van der Waals surface area contributed by atoms with Gasteiger partial charge < -0.3 is 0 Å². The van der Waals surface area contributed by atoms with E-state index in [1.165, 1.54) is 0 Å². The predicted octanol–water partition coefficient (Wildman–Crippen LogP) is 2.78. The van der Waals surface area contributed by atoms with Gasteiger partial charge in [-0.15, -0.1) is 0 Å². The first-order chi connectivity index (χ1) is 11.0. The Morgan fingerprint density at radius 3 is 1.84 bits per heavy atom. The fraction of sp³-hybridized carbons (Fsp3) is 0.625. The first-order valence-electron chi connectivity index (χ1n) is 5.40. The maximum absolute atomic E-state index is 13.7. The summed E-state index contributed by atoms with van der Waals surface area (Å²) in [5.41, 5.74) is 0. The van der Waals surface area contributed by atoms with Crippen LogP contribution in [0.15, 0.2) is 6.33 Å². The number of nitrogens with one attached hydrogen (secondary N) is 2. The maximum Gasteiger partial charge on any atom is 0.462 e. The van der Waals surface area contributed by atoms with Crippen LogP contribution >= 0.6 is 0 Å². The Morgan fingerprint density at radius 2 is 1.48 bits per heavy atom. The minimum atomic E-state index is -7.25. The molecule has 0 aliphatic rings. The van der Waals surface area contributed by atoms with Gasteiger partial charge in [0.15, 0.2) is 0 Å². The third kappa shape index (κ3) is 3.74. The van der Waals surface area contributed by atoms with Crippen molar-refractivity contribution < 1.29 is 57.8 Å². The molecule has 1 aromatic heterocycles. The van der Waals surface area contributed by atoms with Crippen molar-refractivity contribution in [3.63, 3.8) is 0 Å². The van der Waals surface area contributed by atoms with Crippen molar-refractivity contribution in [1.29, 1.82) is 0 Å². The van der Waals surface area contributed by atoms with E-state index < -0.39 is 42.1 Å². The highest BCUT2D eigenvalue weighted by molar-refractivity contribution is 5.95. The van der Waals surface area contributed by atoms with Crippen molar-refractivity contribution in [2.24, 2.45) is 0 Å². The van der Waals surface area contributed by atoms with E-state index in [9.17, 15) is 53.1 Å². The van der Waals surface area contributed by atoms with Crippen LogP contribution in [0.3, 0.4) is 0 Å². The first kappa shape index (κ1) is 20.8. The second-order valence-corrected chi connectivity index (χ2v) is 4.07. The summed E-state index contributed by atoms with van der Waals surface area (Å²) in [5.74, 6) is -17.8. The Hall–Kier alpha value is -2.20. The van der Waals surface area contributed by atoms with Crippen LogP contribution in [0.2, 0.25) is 0 Å². The van der Waals surface area contributed by atoms with Crippen LogP contribution in [0, 0.1) is 0 Å². The molecule has 0 bridgehead atoms. The van der Waals surface area contributed by atoms with Crippen molar-refractivity contribution in [3.8, 4) is 0 Å². The second kappa shape index (κ2) is 5.95. The van der Waals surface area contributed by atoms with E-state index in [0.29, 0.717) is 6.33 Å². The van der Waals surface area contributed by atoms with Crippen molar-refractivity contribution in [2.75, 3.05) is 5.32 Å². The van der Waals surface area contributed by atoms with Gasteiger partial charge in [0.05, 0.1) is 0 Å².